The molecule has 19 heavy (non-hydrogen) atoms. The Bertz CT molecular complexity index is 394. The summed E-state index contributed by atoms with van der Waals surface area (Å²) in [7, 11) is 0. The fourth-order valence-electron chi connectivity index (χ4n) is 2.78. The average Bonchev–Trinajstić information content (AvgIpc) is 2.89. The van der Waals surface area contributed by atoms with Crippen LogP contribution in [0.25, 0.3) is 0 Å². The van der Waals surface area contributed by atoms with E-state index in [2.05, 4.69) is 10.3 Å². The summed E-state index contributed by atoms with van der Waals surface area (Å²) in [5, 5.41) is 3.36. The third-order valence-electron chi connectivity index (χ3n) is 3.73. The number of nitrogens with zero attached hydrogens (tertiary/aromatic N) is 1. The van der Waals surface area contributed by atoms with Crippen LogP contribution in [-0.2, 0) is 6.18 Å². The van der Waals surface area contributed by atoms with Crippen molar-refractivity contribution in [1.29, 1.82) is 0 Å². The second-order valence-corrected chi connectivity index (χ2v) is 5.05. The number of hydrogen-bond acceptors (Lipinski definition) is 2. The third-order valence-corrected chi connectivity index (χ3v) is 3.73. The summed E-state index contributed by atoms with van der Waals surface area (Å²) in [5.74, 6) is 0.490. The van der Waals surface area contributed by atoms with Crippen LogP contribution in [-0.4, -0.2) is 11.5 Å². The summed E-state index contributed by atoms with van der Waals surface area (Å²) in [6, 6.07) is 2.71. The monoisotopic (exact) mass is 272 g/mol. The molecule has 0 amide bonds. The van der Waals surface area contributed by atoms with Crippen LogP contribution in [0.2, 0.25) is 0 Å². The quantitative estimate of drug-likeness (QED) is 0.898. The van der Waals surface area contributed by atoms with Crippen LogP contribution in [0, 0.1) is 5.92 Å². The molecule has 1 heterocycles. The van der Waals surface area contributed by atoms with E-state index in [0.29, 0.717) is 5.92 Å². The molecule has 0 bridgehead atoms. The molecule has 0 saturated heterocycles. The van der Waals surface area contributed by atoms with Crippen LogP contribution in [0.1, 0.15) is 49.9 Å². The van der Waals surface area contributed by atoms with Gasteiger partial charge in [0.2, 0.25) is 0 Å². The number of aromatic nitrogens is 1. The van der Waals surface area contributed by atoms with Gasteiger partial charge in [0.25, 0.3) is 0 Å². The fraction of sp³-hybridized carbons (Fsp3) is 0.643. The molecule has 0 aromatic carbocycles. The van der Waals surface area contributed by atoms with Crippen molar-refractivity contribution < 1.29 is 13.2 Å². The third kappa shape index (κ3) is 3.47. The lowest BCUT2D eigenvalue weighted by atomic mass is 9.94. The van der Waals surface area contributed by atoms with Crippen molar-refractivity contribution >= 4 is 0 Å². The van der Waals surface area contributed by atoms with E-state index >= 15 is 0 Å². The standard InChI is InChI=1S/C14H19F3N2/c1-2-18-13(10-5-3-4-6-10)12-8-7-11(9-19-12)14(15,16)17/h7-10,13,18H,2-6H2,1H3. The van der Waals surface area contributed by atoms with Crippen molar-refractivity contribution in [3.8, 4) is 0 Å². The van der Waals surface area contributed by atoms with Gasteiger partial charge in [-0.3, -0.25) is 4.98 Å². The number of hydrogen-bond donors (Lipinski definition) is 1. The van der Waals surface area contributed by atoms with Crippen LogP contribution in [0.15, 0.2) is 18.3 Å². The molecule has 1 fully saturated rings. The van der Waals surface area contributed by atoms with E-state index in [1.54, 1.807) is 0 Å². The molecule has 1 atom stereocenters. The lowest BCUT2D eigenvalue weighted by Gasteiger charge is -2.24. The Labute approximate surface area is 111 Å². The highest BCUT2D eigenvalue weighted by molar-refractivity contribution is 5.19. The number of pyridine rings is 1. The molecular formula is C14H19F3N2. The Kier molecular flexibility index (Phi) is 4.45. The first-order valence-corrected chi connectivity index (χ1v) is 6.79. The minimum atomic E-state index is -4.31. The van der Waals surface area contributed by atoms with Crippen molar-refractivity contribution in [3.05, 3.63) is 29.6 Å². The molecule has 5 heteroatoms. The van der Waals surface area contributed by atoms with Crippen molar-refractivity contribution in [2.75, 3.05) is 6.54 Å². The van der Waals surface area contributed by atoms with Gasteiger partial charge in [0.15, 0.2) is 0 Å². The van der Waals surface area contributed by atoms with Gasteiger partial charge in [0.05, 0.1) is 17.3 Å². The molecule has 1 saturated carbocycles. The Morgan fingerprint density at radius 1 is 1.32 bits per heavy atom. The molecule has 0 radical (unpaired) electrons. The zero-order chi connectivity index (χ0) is 13.9. The lowest BCUT2D eigenvalue weighted by Crippen LogP contribution is -2.27. The summed E-state index contributed by atoms with van der Waals surface area (Å²) >= 11 is 0. The molecule has 2 rings (SSSR count). The average molecular weight is 272 g/mol. The molecule has 1 unspecified atom stereocenters. The minimum absolute atomic E-state index is 0.0785. The second kappa shape index (κ2) is 5.90. The van der Waals surface area contributed by atoms with Gasteiger partial charge in [-0.15, -0.1) is 0 Å². The number of nitrogens with one attached hydrogen (secondary N) is 1. The molecule has 1 aromatic heterocycles. The highest BCUT2D eigenvalue weighted by Crippen LogP contribution is 2.36. The van der Waals surface area contributed by atoms with Crippen LogP contribution in [0.5, 0.6) is 0 Å². The molecule has 0 spiro atoms. The molecular weight excluding hydrogens is 253 g/mol. The van der Waals surface area contributed by atoms with Gasteiger partial charge >= 0.3 is 6.18 Å². The number of halogens is 3. The summed E-state index contributed by atoms with van der Waals surface area (Å²) in [6.07, 6.45) is 1.28. The summed E-state index contributed by atoms with van der Waals surface area (Å²) in [5.41, 5.74) is 0.0414. The molecule has 1 N–H and O–H groups in total. The van der Waals surface area contributed by atoms with Crippen LogP contribution in [0.4, 0.5) is 13.2 Å². The molecule has 106 valence electrons. The van der Waals surface area contributed by atoms with E-state index in [1.807, 2.05) is 6.92 Å². The maximum atomic E-state index is 12.5. The van der Waals surface area contributed by atoms with E-state index in [-0.39, 0.29) is 6.04 Å². The largest absolute Gasteiger partial charge is 0.417 e. The van der Waals surface area contributed by atoms with E-state index in [0.717, 1.165) is 37.3 Å². The van der Waals surface area contributed by atoms with Gasteiger partial charge in [0, 0.05) is 6.20 Å². The Balaban J connectivity index is 2.17. The first-order chi connectivity index (χ1) is 9.02. The van der Waals surface area contributed by atoms with E-state index in [4.69, 9.17) is 0 Å². The van der Waals surface area contributed by atoms with Gasteiger partial charge < -0.3 is 5.32 Å². The summed E-state index contributed by atoms with van der Waals surface area (Å²) in [6.45, 7) is 2.80. The maximum absolute atomic E-state index is 12.5. The predicted molar refractivity (Wildman–Crippen MR) is 67.6 cm³/mol. The van der Waals surface area contributed by atoms with Crippen molar-refractivity contribution in [1.82, 2.24) is 10.3 Å². The van der Waals surface area contributed by atoms with E-state index in [1.165, 1.54) is 18.9 Å². The number of rotatable bonds is 4. The van der Waals surface area contributed by atoms with Crippen molar-refractivity contribution in [2.45, 2.75) is 44.8 Å². The molecule has 0 aliphatic heterocycles. The lowest BCUT2D eigenvalue weighted by molar-refractivity contribution is -0.137. The van der Waals surface area contributed by atoms with Crippen molar-refractivity contribution in [2.24, 2.45) is 5.92 Å². The zero-order valence-corrected chi connectivity index (χ0v) is 11.0. The van der Waals surface area contributed by atoms with Crippen molar-refractivity contribution in [3.63, 3.8) is 0 Å². The first kappa shape index (κ1) is 14.3. The minimum Gasteiger partial charge on any atom is -0.309 e. The predicted octanol–water partition coefficient (Wildman–Crippen LogP) is 3.94. The van der Waals surface area contributed by atoms with Crippen LogP contribution >= 0.6 is 0 Å². The topological polar surface area (TPSA) is 24.9 Å². The Morgan fingerprint density at radius 2 is 2.00 bits per heavy atom. The highest BCUT2D eigenvalue weighted by atomic mass is 19.4. The summed E-state index contributed by atoms with van der Waals surface area (Å²) in [4.78, 5) is 4.03. The maximum Gasteiger partial charge on any atom is 0.417 e. The van der Waals surface area contributed by atoms with Gasteiger partial charge in [-0.1, -0.05) is 19.8 Å². The summed E-state index contributed by atoms with van der Waals surface area (Å²) < 4.78 is 37.5. The Morgan fingerprint density at radius 3 is 2.47 bits per heavy atom. The number of alkyl halides is 3. The fourth-order valence-corrected chi connectivity index (χ4v) is 2.78. The van der Waals surface area contributed by atoms with Gasteiger partial charge in [0.1, 0.15) is 0 Å². The first-order valence-electron chi connectivity index (χ1n) is 6.79. The molecule has 1 aromatic rings. The highest BCUT2D eigenvalue weighted by Gasteiger charge is 2.32. The van der Waals surface area contributed by atoms with Crippen LogP contribution in [0.3, 0.4) is 0 Å². The van der Waals surface area contributed by atoms with Crippen LogP contribution < -0.4 is 5.32 Å². The van der Waals surface area contributed by atoms with E-state index in [9.17, 15) is 13.2 Å². The van der Waals surface area contributed by atoms with E-state index < -0.39 is 11.7 Å². The normalized spacial score (nSPS) is 18.7. The second-order valence-electron chi connectivity index (χ2n) is 5.05. The Hall–Kier alpha value is -1.10. The molecule has 1 aliphatic carbocycles. The molecule has 1 aliphatic rings. The molecule has 2 nitrogen and oxygen atoms in total. The van der Waals surface area contributed by atoms with Gasteiger partial charge in [-0.2, -0.15) is 13.2 Å². The van der Waals surface area contributed by atoms with Gasteiger partial charge in [-0.05, 0) is 37.4 Å². The smallest absolute Gasteiger partial charge is 0.309 e. The SMILES string of the molecule is CCNC(c1ccc(C(F)(F)F)cn1)C1CCCC1. The van der Waals surface area contributed by atoms with Gasteiger partial charge in [-0.25, -0.2) is 0 Å². The zero-order valence-electron chi connectivity index (χ0n) is 11.0.